The number of anilines is 1. The lowest BCUT2D eigenvalue weighted by molar-refractivity contribution is -0.115. The van der Waals surface area contributed by atoms with Crippen molar-refractivity contribution < 1.29 is 4.79 Å². The fraction of sp³-hybridized carbons (Fsp3) is 0.538. The zero-order valence-corrected chi connectivity index (χ0v) is 12.9. The Labute approximate surface area is 126 Å². The Hall–Kier alpha value is -1.80. The van der Waals surface area contributed by atoms with Crippen LogP contribution in [-0.2, 0) is 17.8 Å². The van der Waals surface area contributed by atoms with E-state index in [2.05, 4.69) is 25.7 Å². The van der Waals surface area contributed by atoms with Gasteiger partial charge in [-0.3, -0.25) is 4.79 Å². The van der Waals surface area contributed by atoms with Crippen molar-refractivity contribution in [3.05, 3.63) is 22.7 Å². The van der Waals surface area contributed by atoms with Gasteiger partial charge in [0.1, 0.15) is 12.2 Å². The first-order valence-corrected chi connectivity index (χ1v) is 7.77. The van der Waals surface area contributed by atoms with Gasteiger partial charge in [0.25, 0.3) is 0 Å². The first-order valence-electron chi connectivity index (χ1n) is 6.96. The summed E-state index contributed by atoms with van der Waals surface area (Å²) in [7, 11) is 0. The number of nitrogens with one attached hydrogen (secondary N) is 2. The molecule has 0 spiro atoms. The fourth-order valence-corrected chi connectivity index (χ4v) is 3.16. The van der Waals surface area contributed by atoms with E-state index in [4.69, 9.17) is 0 Å². The fourth-order valence-electron chi connectivity index (χ4n) is 2.33. The van der Waals surface area contributed by atoms with Gasteiger partial charge in [-0.25, -0.2) is 14.6 Å². The highest BCUT2D eigenvalue weighted by Gasteiger charge is 2.20. The predicted molar refractivity (Wildman–Crippen MR) is 80.4 cm³/mol. The lowest BCUT2D eigenvalue weighted by atomic mass is 10.1. The second-order valence-electron chi connectivity index (χ2n) is 5.18. The van der Waals surface area contributed by atoms with E-state index >= 15 is 0 Å². The summed E-state index contributed by atoms with van der Waals surface area (Å²) < 4.78 is 1.90. The van der Waals surface area contributed by atoms with Crippen molar-refractivity contribution in [1.82, 2.24) is 25.1 Å². The minimum absolute atomic E-state index is 0.0619. The molecule has 2 aromatic rings. The Morgan fingerprint density at radius 1 is 1.52 bits per heavy atom. The Balaban J connectivity index is 1.48. The molecule has 21 heavy (non-hydrogen) atoms. The summed E-state index contributed by atoms with van der Waals surface area (Å²) in [4.78, 5) is 21.6. The molecule has 0 bridgehead atoms. The Morgan fingerprint density at radius 2 is 2.38 bits per heavy atom. The molecule has 7 nitrogen and oxygen atoms in total. The van der Waals surface area contributed by atoms with Gasteiger partial charge in [-0.15, -0.1) is 11.3 Å². The number of nitrogens with zero attached hydrogens (tertiary/aromatic N) is 4. The van der Waals surface area contributed by atoms with Crippen LogP contribution in [0.1, 0.15) is 22.8 Å². The molecule has 2 N–H and O–H groups in total. The SMILES string of the molecule is Cc1nc(NC(=O)CN[C@@H]2CCc3ncnn3C2)sc1C. The van der Waals surface area contributed by atoms with Crippen molar-refractivity contribution in [2.75, 3.05) is 11.9 Å². The van der Waals surface area contributed by atoms with Crippen LogP contribution >= 0.6 is 11.3 Å². The van der Waals surface area contributed by atoms with Gasteiger partial charge in [-0.1, -0.05) is 0 Å². The molecule has 2 aromatic heterocycles. The molecular formula is C13H18N6OS. The van der Waals surface area contributed by atoms with Gasteiger partial charge in [0.15, 0.2) is 5.13 Å². The van der Waals surface area contributed by atoms with E-state index < -0.39 is 0 Å². The van der Waals surface area contributed by atoms with E-state index in [9.17, 15) is 4.79 Å². The number of aromatic nitrogens is 4. The first-order chi connectivity index (χ1) is 10.1. The molecule has 0 saturated heterocycles. The number of hydrogen-bond acceptors (Lipinski definition) is 6. The molecule has 3 heterocycles. The maximum atomic E-state index is 11.9. The highest BCUT2D eigenvalue weighted by Crippen LogP contribution is 2.20. The van der Waals surface area contributed by atoms with Crippen LogP contribution in [-0.4, -0.2) is 38.2 Å². The topological polar surface area (TPSA) is 84.7 Å². The number of amides is 1. The lowest BCUT2D eigenvalue weighted by Crippen LogP contribution is -2.41. The minimum atomic E-state index is -0.0619. The molecule has 0 saturated carbocycles. The molecule has 1 aliphatic heterocycles. The Bertz CT molecular complexity index is 629. The van der Waals surface area contributed by atoms with Gasteiger partial charge in [-0.05, 0) is 20.3 Å². The normalized spacial score (nSPS) is 17.5. The molecular weight excluding hydrogens is 288 g/mol. The van der Waals surface area contributed by atoms with E-state index in [1.165, 1.54) is 11.3 Å². The molecule has 8 heteroatoms. The standard InChI is InChI=1S/C13H18N6OS/c1-8-9(2)21-13(17-8)18-12(20)5-14-10-3-4-11-15-7-16-19(11)6-10/h7,10,14H,3-6H2,1-2H3,(H,17,18,20)/t10-/m1/s1. The van der Waals surface area contributed by atoms with Crippen molar-refractivity contribution in [2.24, 2.45) is 0 Å². The minimum Gasteiger partial charge on any atom is -0.304 e. The van der Waals surface area contributed by atoms with E-state index in [1.54, 1.807) is 6.33 Å². The summed E-state index contributed by atoms with van der Waals surface area (Å²) in [5.41, 5.74) is 0.967. The van der Waals surface area contributed by atoms with Gasteiger partial charge in [-0.2, -0.15) is 5.10 Å². The molecule has 3 rings (SSSR count). The van der Waals surface area contributed by atoms with Crippen LogP contribution in [0, 0.1) is 13.8 Å². The summed E-state index contributed by atoms with van der Waals surface area (Å²) in [5.74, 6) is 0.958. The number of thiazole rings is 1. The number of rotatable bonds is 4. The van der Waals surface area contributed by atoms with Crippen LogP contribution in [0.2, 0.25) is 0 Å². The predicted octanol–water partition coefficient (Wildman–Crippen LogP) is 0.895. The number of hydrogen-bond donors (Lipinski definition) is 2. The summed E-state index contributed by atoms with van der Waals surface area (Å²) in [6, 6.07) is 0.254. The van der Waals surface area contributed by atoms with Crippen LogP contribution in [0.15, 0.2) is 6.33 Å². The van der Waals surface area contributed by atoms with Crippen molar-refractivity contribution >= 4 is 22.4 Å². The molecule has 112 valence electrons. The maximum Gasteiger partial charge on any atom is 0.240 e. The molecule has 1 amide bonds. The smallest absolute Gasteiger partial charge is 0.240 e. The first kappa shape index (κ1) is 14.2. The third-order valence-corrected chi connectivity index (χ3v) is 4.62. The van der Waals surface area contributed by atoms with Crippen molar-refractivity contribution in [3.8, 4) is 0 Å². The van der Waals surface area contributed by atoms with E-state index in [1.807, 2.05) is 18.5 Å². The summed E-state index contributed by atoms with van der Waals surface area (Å²) in [5, 5.41) is 10.9. The molecule has 0 fully saturated rings. The van der Waals surface area contributed by atoms with Crippen LogP contribution in [0.25, 0.3) is 0 Å². The third-order valence-electron chi connectivity index (χ3n) is 3.63. The number of aryl methyl sites for hydroxylation is 3. The Kier molecular flexibility index (Phi) is 3.98. The second-order valence-corrected chi connectivity index (χ2v) is 6.39. The summed E-state index contributed by atoms with van der Waals surface area (Å²) in [6.07, 6.45) is 3.45. The maximum absolute atomic E-state index is 11.9. The van der Waals surface area contributed by atoms with Crippen molar-refractivity contribution in [2.45, 2.75) is 39.3 Å². The highest BCUT2D eigenvalue weighted by molar-refractivity contribution is 7.15. The molecule has 0 aromatic carbocycles. The number of carbonyl (C=O) groups excluding carboxylic acids is 1. The van der Waals surface area contributed by atoms with Gasteiger partial charge in [0.2, 0.25) is 5.91 Å². The average molecular weight is 306 g/mol. The third kappa shape index (κ3) is 3.27. The zero-order valence-electron chi connectivity index (χ0n) is 12.1. The van der Waals surface area contributed by atoms with E-state index in [-0.39, 0.29) is 18.5 Å². The summed E-state index contributed by atoms with van der Waals surface area (Å²) in [6.45, 7) is 4.99. The van der Waals surface area contributed by atoms with E-state index in [0.717, 1.165) is 35.8 Å². The average Bonchev–Trinajstić information content (AvgIpc) is 3.03. The highest BCUT2D eigenvalue weighted by atomic mass is 32.1. The van der Waals surface area contributed by atoms with Gasteiger partial charge < -0.3 is 10.6 Å². The second kappa shape index (κ2) is 5.90. The quantitative estimate of drug-likeness (QED) is 0.876. The van der Waals surface area contributed by atoms with Crippen LogP contribution < -0.4 is 10.6 Å². The van der Waals surface area contributed by atoms with Gasteiger partial charge in [0.05, 0.1) is 18.8 Å². The van der Waals surface area contributed by atoms with Crippen LogP contribution in [0.5, 0.6) is 0 Å². The van der Waals surface area contributed by atoms with Crippen LogP contribution in [0.3, 0.4) is 0 Å². The van der Waals surface area contributed by atoms with E-state index in [0.29, 0.717) is 5.13 Å². The zero-order chi connectivity index (χ0) is 14.8. The Morgan fingerprint density at radius 3 is 3.14 bits per heavy atom. The van der Waals surface area contributed by atoms with Crippen molar-refractivity contribution in [3.63, 3.8) is 0 Å². The largest absolute Gasteiger partial charge is 0.304 e. The number of fused-ring (bicyclic) bond motifs is 1. The molecule has 0 radical (unpaired) electrons. The van der Waals surface area contributed by atoms with Gasteiger partial charge >= 0.3 is 0 Å². The molecule has 1 aliphatic rings. The van der Waals surface area contributed by atoms with Crippen molar-refractivity contribution in [1.29, 1.82) is 0 Å². The van der Waals surface area contributed by atoms with Gasteiger partial charge in [0, 0.05) is 17.3 Å². The summed E-state index contributed by atoms with van der Waals surface area (Å²) >= 11 is 1.50. The van der Waals surface area contributed by atoms with Crippen LogP contribution in [0.4, 0.5) is 5.13 Å². The lowest BCUT2D eigenvalue weighted by Gasteiger charge is -2.23. The monoisotopic (exact) mass is 306 g/mol. The molecule has 0 unspecified atom stereocenters. The number of carbonyl (C=O) groups is 1. The molecule has 1 atom stereocenters. The molecule has 0 aliphatic carbocycles.